The number of carbonyl (C=O) groups excluding carboxylic acids is 1. The summed E-state index contributed by atoms with van der Waals surface area (Å²) in [6.45, 7) is 0.812. The molecule has 104 valence electrons. The number of halogens is 1. The Hall–Kier alpha value is -2.01. The highest BCUT2D eigenvalue weighted by atomic mass is 35.5. The second-order valence-corrected chi connectivity index (χ2v) is 5.23. The van der Waals surface area contributed by atoms with Gasteiger partial charge in [-0.3, -0.25) is 9.48 Å². The molecule has 0 aliphatic carbocycles. The van der Waals surface area contributed by atoms with Crippen LogP contribution in [0.25, 0.3) is 0 Å². The Bertz CT molecular complexity index is 652. The number of carbonyl (C=O) groups is 1. The molecule has 0 bridgehead atoms. The summed E-state index contributed by atoms with van der Waals surface area (Å²) in [5.41, 5.74) is 2.34. The zero-order chi connectivity index (χ0) is 14.1. The van der Waals surface area contributed by atoms with Gasteiger partial charge in [-0.2, -0.15) is 5.10 Å². The fourth-order valence-electron chi connectivity index (χ4n) is 2.41. The molecule has 5 nitrogen and oxygen atoms in total. The molecule has 2 aromatic rings. The van der Waals surface area contributed by atoms with Crippen LogP contribution in [0.5, 0.6) is 0 Å². The molecule has 1 atom stereocenters. The fourth-order valence-corrected chi connectivity index (χ4v) is 2.63. The normalized spacial score (nSPS) is 17.2. The Balaban J connectivity index is 1.82. The molecule has 1 aromatic heterocycles. The summed E-state index contributed by atoms with van der Waals surface area (Å²) in [4.78, 5) is 12.3. The molecule has 0 fully saturated rings. The van der Waals surface area contributed by atoms with Gasteiger partial charge in [-0.05, 0) is 18.6 Å². The minimum atomic E-state index is -0.167. The summed E-state index contributed by atoms with van der Waals surface area (Å²) in [5.74, 6) is -0.167. The van der Waals surface area contributed by atoms with Crippen LogP contribution in [0.1, 0.15) is 28.5 Å². The molecule has 20 heavy (non-hydrogen) atoms. The SMILES string of the molecule is Cn1cc2c(n1)C(NC(=O)c1ccccc1Cl)CCN2. The summed E-state index contributed by atoms with van der Waals surface area (Å²) in [5, 5.41) is 11.2. The average Bonchev–Trinajstić information content (AvgIpc) is 2.80. The Morgan fingerprint density at radius 1 is 1.50 bits per heavy atom. The van der Waals surface area contributed by atoms with Gasteiger partial charge in [0, 0.05) is 19.8 Å². The van der Waals surface area contributed by atoms with Crippen molar-refractivity contribution >= 4 is 23.2 Å². The zero-order valence-corrected chi connectivity index (χ0v) is 11.8. The number of aromatic nitrogens is 2. The maximum absolute atomic E-state index is 12.3. The first-order valence-electron chi connectivity index (χ1n) is 6.48. The first-order chi connectivity index (χ1) is 9.65. The van der Waals surface area contributed by atoms with E-state index >= 15 is 0 Å². The van der Waals surface area contributed by atoms with Crippen molar-refractivity contribution in [3.63, 3.8) is 0 Å². The highest BCUT2D eigenvalue weighted by Gasteiger charge is 2.25. The van der Waals surface area contributed by atoms with E-state index in [1.54, 1.807) is 28.9 Å². The van der Waals surface area contributed by atoms with Gasteiger partial charge < -0.3 is 10.6 Å². The van der Waals surface area contributed by atoms with Gasteiger partial charge >= 0.3 is 0 Å². The van der Waals surface area contributed by atoms with Gasteiger partial charge in [-0.25, -0.2) is 0 Å². The molecule has 2 N–H and O–H groups in total. The molecule has 0 spiro atoms. The van der Waals surface area contributed by atoms with Crippen molar-refractivity contribution in [1.82, 2.24) is 15.1 Å². The lowest BCUT2D eigenvalue weighted by molar-refractivity contribution is 0.0934. The quantitative estimate of drug-likeness (QED) is 0.893. The molecule has 3 rings (SSSR count). The predicted octanol–water partition coefficient (Wildman–Crippen LogP) is 2.36. The summed E-state index contributed by atoms with van der Waals surface area (Å²) in [7, 11) is 1.87. The van der Waals surface area contributed by atoms with E-state index in [9.17, 15) is 4.79 Å². The first kappa shape index (κ1) is 13.0. The monoisotopic (exact) mass is 290 g/mol. The number of nitrogens with one attached hydrogen (secondary N) is 2. The topological polar surface area (TPSA) is 59.0 Å². The van der Waals surface area contributed by atoms with Crippen LogP contribution in [0.15, 0.2) is 30.5 Å². The van der Waals surface area contributed by atoms with E-state index in [1.165, 1.54) is 0 Å². The molecule has 6 heteroatoms. The van der Waals surface area contributed by atoms with Crippen LogP contribution in [-0.2, 0) is 7.05 Å². The van der Waals surface area contributed by atoms with Crippen LogP contribution >= 0.6 is 11.6 Å². The number of benzene rings is 1. The summed E-state index contributed by atoms with van der Waals surface area (Å²) in [6.07, 6.45) is 2.73. The molecule has 0 saturated heterocycles. The maximum atomic E-state index is 12.3. The second kappa shape index (κ2) is 5.17. The van der Waals surface area contributed by atoms with Crippen molar-refractivity contribution in [2.24, 2.45) is 7.05 Å². The van der Waals surface area contributed by atoms with Crippen molar-refractivity contribution in [3.8, 4) is 0 Å². The van der Waals surface area contributed by atoms with Gasteiger partial charge in [0.25, 0.3) is 5.91 Å². The lowest BCUT2D eigenvalue weighted by Crippen LogP contribution is -2.33. The minimum absolute atomic E-state index is 0.0868. The second-order valence-electron chi connectivity index (χ2n) is 4.82. The molecule has 1 amide bonds. The van der Waals surface area contributed by atoms with Crippen molar-refractivity contribution in [1.29, 1.82) is 0 Å². The molecule has 0 saturated carbocycles. The molecule has 1 aliphatic heterocycles. The average molecular weight is 291 g/mol. The lowest BCUT2D eigenvalue weighted by Gasteiger charge is -2.23. The number of hydrogen-bond donors (Lipinski definition) is 2. The van der Waals surface area contributed by atoms with Crippen LogP contribution in [0.3, 0.4) is 0 Å². The van der Waals surface area contributed by atoms with E-state index in [-0.39, 0.29) is 11.9 Å². The van der Waals surface area contributed by atoms with E-state index < -0.39 is 0 Å². The largest absolute Gasteiger partial charge is 0.382 e. The van der Waals surface area contributed by atoms with E-state index in [2.05, 4.69) is 15.7 Å². The number of amides is 1. The molecular formula is C14H15ClN4O. The van der Waals surface area contributed by atoms with Crippen molar-refractivity contribution in [2.75, 3.05) is 11.9 Å². The fraction of sp³-hybridized carbons (Fsp3) is 0.286. The highest BCUT2D eigenvalue weighted by Crippen LogP contribution is 2.28. The first-order valence-corrected chi connectivity index (χ1v) is 6.86. The number of aryl methyl sites for hydroxylation is 1. The van der Waals surface area contributed by atoms with Gasteiger partial charge in [0.15, 0.2) is 0 Å². The Labute approximate surface area is 121 Å². The summed E-state index contributed by atoms with van der Waals surface area (Å²) in [6, 6.07) is 6.95. The predicted molar refractivity (Wildman–Crippen MR) is 78.0 cm³/mol. The van der Waals surface area contributed by atoms with Crippen LogP contribution in [0.2, 0.25) is 5.02 Å². The maximum Gasteiger partial charge on any atom is 0.253 e. The van der Waals surface area contributed by atoms with Gasteiger partial charge in [-0.15, -0.1) is 0 Å². The smallest absolute Gasteiger partial charge is 0.253 e. The van der Waals surface area contributed by atoms with E-state index in [4.69, 9.17) is 11.6 Å². The van der Waals surface area contributed by atoms with Crippen LogP contribution in [0.4, 0.5) is 5.69 Å². The third-order valence-corrected chi connectivity index (χ3v) is 3.69. The molecular weight excluding hydrogens is 276 g/mol. The van der Waals surface area contributed by atoms with Gasteiger partial charge in [0.05, 0.1) is 22.3 Å². The lowest BCUT2D eigenvalue weighted by atomic mass is 10.0. The Kier molecular flexibility index (Phi) is 3.36. The Morgan fingerprint density at radius 3 is 3.10 bits per heavy atom. The van der Waals surface area contributed by atoms with Crippen LogP contribution < -0.4 is 10.6 Å². The Morgan fingerprint density at radius 2 is 2.30 bits per heavy atom. The van der Waals surface area contributed by atoms with Crippen molar-refractivity contribution < 1.29 is 4.79 Å². The molecule has 2 heterocycles. The molecule has 1 aromatic carbocycles. The minimum Gasteiger partial charge on any atom is -0.382 e. The number of anilines is 1. The zero-order valence-electron chi connectivity index (χ0n) is 11.1. The summed E-state index contributed by atoms with van der Waals surface area (Å²) < 4.78 is 1.75. The number of hydrogen-bond acceptors (Lipinski definition) is 3. The van der Waals surface area contributed by atoms with Gasteiger partial charge in [-0.1, -0.05) is 23.7 Å². The molecule has 0 radical (unpaired) electrons. The molecule has 1 unspecified atom stereocenters. The van der Waals surface area contributed by atoms with Gasteiger partial charge in [0.2, 0.25) is 0 Å². The van der Waals surface area contributed by atoms with Crippen molar-refractivity contribution in [2.45, 2.75) is 12.5 Å². The highest BCUT2D eigenvalue weighted by molar-refractivity contribution is 6.33. The van der Waals surface area contributed by atoms with E-state index in [1.807, 2.05) is 13.2 Å². The third kappa shape index (κ3) is 2.36. The van der Waals surface area contributed by atoms with E-state index in [0.29, 0.717) is 10.6 Å². The third-order valence-electron chi connectivity index (χ3n) is 3.36. The summed E-state index contributed by atoms with van der Waals surface area (Å²) >= 11 is 6.05. The number of rotatable bonds is 2. The van der Waals surface area contributed by atoms with Crippen LogP contribution in [0, 0.1) is 0 Å². The standard InChI is InChI=1S/C14H15ClN4O/c1-19-8-12-13(18-19)11(6-7-16-12)17-14(20)9-4-2-3-5-10(9)15/h2-5,8,11,16H,6-7H2,1H3,(H,17,20). The van der Waals surface area contributed by atoms with E-state index in [0.717, 1.165) is 24.3 Å². The van der Waals surface area contributed by atoms with Gasteiger partial charge in [0.1, 0.15) is 5.69 Å². The number of nitrogens with zero attached hydrogens (tertiary/aromatic N) is 2. The molecule has 1 aliphatic rings. The number of fused-ring (bicyclic) bond motifs is 1. The van der Waals surface area contributed by atoms with Crippen LogP contribution in [-0.4, -0.2) is 22.2 Å². The van der Waals surface area contributed by atoms with Crippen molar-refractivity contribution in [3.05, 3.63) is 46.7 Å².